The SMILES string of the molecule is CC(COc1ccccc1)NCc1cc([N+](=O)[O-])cc2[nH]c(=O)c(=O)[nH]c12. The van der Waals surface area contributed by atoms with E-state index in [1.807, 2.05) is 37.3 Å². The summed E-state index contributed by atoms with van der Waals surface area (Å²) < 4.78 is 5.66. The minimum atomic E-state index is -0.855. The van der Waals surface area contributed by atoms with Crippen LogP contribution in [0.3, 0.4) is 0 Å². The number of nitro groups is 1. The lowest BCUT2D eigenvalue weighted by molar-refractivity contribution is -0.384. The van der Waals surface area contributed by atoms with Gasteiger partial charge in [0.25, 0.3) is 5.69 Å². The Bertz CT molecular complexity index is 1070. The van der Waals surface area contributed by atoms with Crippen molar-refractivity contribution >= 4 is 16.7 Å². The van der Waals surface area contributed by atoms with Crippen LogP contribution in [0.25, 0.3) is 11.0 Å². The molecule has 0 fully saturated rings. The summed E-state index contributed by atoms with van der Waals surface area (Å²) in [6.07, 6.45) is 0. The van der Waals surface area contributed by atoms with E-state index in [1.54, 1.807) is 0 Å². The van der Waals surface area contributed by atoms with Crippen molar-refractivity contribution < 1.29 is 9.66 Å². The lowest BCUT2D eigenvalue weighted by Crippen LogP contribution is -2.32. The molecule has 0 spiro atoms. The van der Waals surface area contributed by atoms with Crippen LogP contribution in [0.2, 0.25) is 0 Å². The highest BCUT2D eigenvalue weighted by atomic mass is 16.6. The number of hydrogen-bond acceptors (Lipinski definition) is 6. The molecule has 9 heteroatoms. The number of ether oxygens (including phenoxy) is 1. The van der Waals surface area contributed by atoms with E-state index in [0.29, 0.717) is 17.7 Å². The van der Waals surface area contributed by atoms with Crippen LogP contribution in [0.5, 0.6) is 5.75 Å². The topological polar surface area (TPSA) is 130 Å². The Labute approximate surface area is 153 Å². The van der Waals surface area contributed by atoms with Crippen LogP contribution in [0, 0.1) is 10.1 Å². The first-order valence-corrected chi connectivity index (χ1v) is 8.29. The second kappa shape index (κ2) is 7.83. The number of non-ortho nitro benzene ring substituents is 1. The van der Waals surface area contributed by atoms with E-state index in [-0.39, 0.29) is 23.8 Å². The van der Waals surface area contributed by atoms with Gasteiger partial charge in [-0.3, -0.25) is 19.7 Å². The monoisotopic (exact) mass is 370 g/mol. The third kappa shape index (κ3) is 4.39. The minimum Gasteiger partial charge on any atom is -0.492 e. The van der Waals surface area contributed by atoms with E-state index < -0.39 is 16.0 Å². The van der Waals surface area contributed by atoms with Gasteiger partial charge in [0.1, 0.15) is 12.4 Å². The molecule has 1 unspecified atom stereocenters. The van der Waals surface area contributed by atoms with Crippen LogP contribution < -0.4 is 21.2 Å². The number of aromatic amines is 2. The molecule has 140 valence electrons. The number of H-pyrrole nitrogens is 2. The maximum Gasteiger partial charge on any atom is 0.314 e. The predicted molar refractivity (Wildman–Crippen MR) is 100 cm³/mol. The van der Waals surface area contributed by atoms with Gasteiger partial charge in [-0.15, -0.1) is 0 Å². The van der Waals surface area contributed by atoms with Crippen molar-refractivity contribution in [2.24, 2.45) is 0 Å². The Morgan fingerprint density at radius 3 is 2.56 bits per heavy atom. The average molecular weight is 370 g/mol. The molecule has 0 radical (unpaired) electrons. The molecule has 3 aromatic rings. The molecule has 3 N–H and O–H groups in total. The number of benzene rings is 2. The molecule has 3 rings (SSSR count). The zero-order valence-electron chi connectivity index (χ0n) is 14.5. The van der Waals surface area contributed by atoms with Crippen molar-refractivity contribution in [2.45, 2.75) is 19.5 Å². The molecule has 1 aromatic heterocycles. The fourth-order valence-electron chi connectivity index (χ4n) is 2.61. The van der Waals surface area contributed by atoms with Gasteiger partial charge >= 0.3 is 11.1 Å². The van der Waals surface area contributed by atoms with Gasteiger partial charge in [-0.25, -0.2) is 0 Å². The second-order valence-corrected chi connectivity index (χ2v) is 6.10. The predicted octanol–water partition coefficient (Wildman–Crippen LogP) is 1.68. The maximum atomic E-state index is 11.6. The van der Waals surface area contributed by atoms with Crippen molar-refractivity contribution in [3.05, 3.63) is 78.8 Å². The number of nitro benzene ring substituents is 1. The molecule has 9 nitrogen and oxygen atoms in total. The van der Waals surface area contributed by atoms with Crippen LogP contribution in [-0.4, -0.2) is 27.5 Å². The fourth-order valence-corrected chi connectivity index (χ4v) is 2.61. The molecule has 0 aliphatic rings. The number of rotatable bonds is 7. The zero-order chi connectivity index (χ0) is 19.4. The first-order valence-electron chi connectivity index (χ1n) is 8.29. The fraction of sp³-hybridized carbons (Fsp3) is 0.222. The Hall–Kier alpha value is -3.46. The molecular weight excluding hydrogens is 352 g/mol. The number of aromatic nitrogens is 2. The lowest BCUT2D eigenvalue weighted by atomic mass is 10.1. The number of nitrogens with zero attached hydrogens (tertiary/aromatic N) is 1. The highest BCUT2D eigenvalue weighted by Crippen LogP contribution is 2.21. The highest BCUT2D eigenvalue weighted by Gasteiger charge is 2.14. The smallest absolute Gasteiger partial charge is 0.314 e. The summed E-state index contributed by atoms with van der Waals surface area (Å²) in [7, 11) is 0. The van der Waals surface area contributed by atoms with Crippen molar-refractivity contribution in [3.8, 4) is 5.75 Å². The Balaban J connectivity index is 1.78. The van der Waals surface area contributed by atoms with E-state index in [4.69, 9.17) is 4.74 Å². The van der Waals surface area contributed by atoms with E-state index in [0.717, 1.165) is 5.75 Å². The zero-order valence-corrected chi connectivity index (χ0v) is 14.5. The van der Waals surface area contributed by atoms with Crippen LogP contribution in [0.1, 0.15) is 12.5 Å². The molecule has 2 aromatic carbocycles. The molecule has 0 saturated carbocycles. The average Bonchev–Trinajstić information content (AvgIpc) is 2.66. The molecule has 1 atom stereocenters. The standard InChI is InChI=1S/C18H18N4O5/c1-11(10-27-14-5-3-2-4-6-14)19-9-12-7-13(22(25)26)8-15-16(12)21-18(24)17(23)20-15/h2-8,11,19H,9-10H2,1H3,(H,20,23)(H,21,24). The van der Waals surface area contributed by atoms with Gasteiger partial charge in [0.15, 0.2) is 0 Å². The molecule has 0 aliphatic heterocycles. The first kappa shape index (κ1) is 18.3. The summed E-state index contributed by atoms with van der Waals surface area (Å²) in [4.78, 5) is 38.6. The number of fused-ring (bicyclic) bond motifs is 1. The number of nitrogens with one attached hydrogen (secondary N) is 3. The second-order valence-electron chi connectivity index (χ2n) is 6.10. The van der Waals surface area contributed by atoms with Gasteiger partial charge in [0.05, 0.1) is 16.0 Å². The molecular formula is C18H18N4O5. The van der Waals surface area contributed by atoms with E-state index >= 15 is 0 Å². The van der Waals surface area contributed by atoms with Crippen molar-refractivity contribution in [1.29, 1.82) is 0 Å². The molecule has 27 heavy (non-hydrogen) atoms. The summed E-state index contributed by atoms with van der Waals surface area (Å²) in [6.45, 7) is 2.55. The summed E-state index contributed by atoms with van der Waals surface area (Å²) in [5, 5.41) is 14.3. The molecule has 1 heterocycles. The Morgan fingerprint density at radius 1 is 1.15 bits per heavy atom. The van der Waals surface area contributed by atoms with Crippen molar-refractivity contribution in [2.75, 3.05) is 6.61 Å². The summed E-state index contributed by atoms with van der Waals surface area (Å²) in [5.41, 5.74) is -0.772. The Morgan fingerprint density at radius 2 is 1.85 bits per heavy atom. The van der Waals surface area contributed by atoms with Crippen LogP contribution >= 0.6 is 0 Å². The first-order chi connectivity index (χ1) is 12.9. The molecule has 0 aliphatic carbocycles. The van der Waals surface area contributed by atoms with Gasteiger partial charge in [0.2, 0.25) is 0 Å². The van der Waals surface area contributed by atoms with Crippen LogP contribution in [-0.2, 0) is 6.54 Å². The lowest BCUT2D eigenvalue weighted by Gasteiger charge is -2.15. The maximum absolute atomic E-state index is 11.6. The van der Waals surface area contributed by atoms with Crippen LogP contribution in [0.4, 0.5) is 5.69 Å². The van der Waals surface area contributed by atoms with Crippen molar-refractivity contribution in [3.63, 3.8) is 0 Å². The van der Waals surface area contributed by atoms with Gasteiger partial charge in [-0.05, 0) is 24.6 Å². The van der Waals surface area contributed by atoms with E-state index in [9.17, 15) is 19.7 Å². The van der Waals surface area contributed by atoms with Gasteiger partial charge in [-0.1, -0.05) is 18.2 Å². The van der Waals surface area contributed by atoms with E-state index in [2.05, 4.69) is 15.3 Å². The third-order valence-corrected chi connectivity index (χ3v) is 3.99. The van der Waals surface area contributed by atoms with Gasteiger partial charge in [-0.2, -0.15) is 0 Å². The Kier molecular flexibility index (Phi) is 5.32. The summed E-state index contributed by atoms with van der Waals surface area (Å²) in [6, 6.07) is 11.9. The largest absolute Gasteiger partial charge is 0.492 e. The summed E-state index contributed by atoms with van der Waals surface area (Å²) >= 11 is 0. The number of hydrogen-bond donors (Lipinski definition) is 3. The molecule has 0 amide bonds. The van der Waals surface area contributed by atoms with E-state index in [1.165, 1.54) is 12.1 Å². The van der Waals surface area contributed by atoms with Crippen molar-refractivity contribution in [1.82, 2.24) is 15.3 Å². The normalized spacial score (nSPS) is 12.0. The molecule has 0 saturated heterocycles. The number of para-hydroxylation sites is 1. The minimum absolute atomic E-state index is 0.0611. The van der Waals surface area contributed by atoms with Gasteiger partial charge in [0, 0.05) is 24.7 Å². The quantitative estimate of drug-likeness (QED) is 0.330. The van der Waals surface area contributed by atoms with Gasteiger partial charge < -0.3 is 20.0 Å². The summed E-state index contributed by atoms with van der Waals surface area (Å²) in [5.74, 6) is 0.744. The third-order valence-electron chi connectivity index (χ3n) is 3.99. The molecule has 0 bridgehead atoms. The van der Waals surface area contributed by atoms with Crippen LogP contribution in [0.15, 0.2) is 52.1 Å². The highest BCUT2D eigenvalue weighted by molar-refractivity contribution is 5.80.